The number of fused-ring (bicyclic) bond motifs is 2. The lowest BCUT2D eigenvalue weighted by atomic mass is 9.75. The van der Waals surface area contributed by atoms with E-state index in [0.29, 0.717) is 37.6 Å². The van der Waals surface area contributed by atoms with Gasteiger partial charge in [-0.2, -0.15) is 0 Å². The van der Waals surface area contributed by atoms with Gasteiger partial charge in [0.1, 0.15) is 12.1 Å². The van der Waals surface area contributed by atoms with Crippen molar-refractivity contribution in [3.63, 3.8) is 0 Å². The van der Waals surface area contributed by atoms with E-state index in [4.69, 9.17) is 4.74 Å². The first-order chi connectivity index (χ1) is 15.3. The minimum absolute atomic E-state index is 0.0378. The van der Waals surface area contributed by atoms with Gasteiger partial charge in [-0.25, -0.2) is 4.79 Å². The molecular weight excluding hydrogens is 410 g/mol. The summed E-state index contributed by atoms with van der Waals surface area (Å²) in [5.41, 5.74) is 0. The maximum atomic E-state index is 13.1. The number of carbonyl (C=O) groups is 3. The summed E-state index contributed by atoms with van der Waals surface area (Å²) >= 11 is 0. The van der Waals surface area contributed by atoms with Crippen molar-refractivity contribution in [2.75, 3.05) is 20.2 Å². The smallest absolute Gasteiger partial charge is 0.410 e. The van der Waals surface area contributed by atoms with Crippen LogP contribution in [0, 0.1) is 23.7 Å². The van der Waals surface area contributed by atoms with Gasteiger partial charge in [-0.15, -0.1) is 0 Å². The number of allylic oxidation sites excluding steroid dienone is 2. The summed E-state index contributed by atoms with van der Waals surface area (Å²) in [5.74, 6) is 0.656. The van der Waals surface area contributed by atoms with Crippen LogP contribution in [0.1, 0.15) is 58.8 Å². The van der Waals surface area contributed by atoms with Gasteiger partial charge in [0.25, 0.3) is 0 Å². The van der Waals surface area contributed by atoms with Gasteiger partial charge in [-0.05, 0) is 62.7 Å². The van der Waals surface area contributed by atoms with Gasteiger partial charge in [-0.3, -0.25) is 14.5 Å². The van der Waals surface area contributed by atoms with Gasteiger partial charge in [0.2, 0.25) is 11.8 Å². The minimum Gasteiger partial charge on any atom is -0.446 e. The van der Waals surface area contributed by atoms with Crippen LogP contribution in [-0.4, -0.2) is 66.3 Å². The Kier molecular flexibility index (Phi) is 8.57. The van der Waals surface area contributed by atoms with Gasteiger partial charge in [-0.1, -0.05) is 26.0 Å². The molecule has 0 spiro atoms. The van der Waals surface area contributed by atoms with E-state index in [1.165, 1.54) is 11.3 Å². The van der Waals surface area contributed by atoms with E-state index in [0.717, 1.165) is 19.3 Å². The number of ether oxygens (including phenoxy) is 1. The molecule has 1 aliphatic heterocycles. The van der Waals surface area contributed by atoms with Crippen LogP contribution in [0.15, 0.2) is 12.2 Å². The molecule has 0 aromatic carbocycles. The molecule has 6 atom stereocenters. The number of likely N-dealkylation sites (N-methyl/N-ethyl adjacent to an activating group) is 1. The van der Waals surface area contributed by atoms with Crippen LogP contribution in [0.25, 0.3) is 0 Å². The maximum absolute atomic E-state index is 13.1. The zero-order valence-electron chi connectivity index (χ0n) is 19.6. The van der Waals surface area contributed by atoms with Crippen LogP contribution >= 0.6 is 0 Å². The Morgan fingerprint density at radius 2 is 2.09 bits per heavy atom. The Labute approximate surface area is 191 Å². The summed E-state index contributed by atoms with van der Waals surface area (Å²) in [5, 5.41) is 15.4. The third-order valence-corrected chi connectivity index (χ3v) is 6.99. The zero-order chi connectivity index (χ0) is 23.3. The number of nitrogens with zero attached hydrogens (tertiary/aromatic N) is 1. The van der Waals surface area contributed by atoms with Gasteiger partial charge in [0.05, 0.1) is 12.6 Å². The molecule has 1 saturated carbocycles. The first-order valence-electron chi connectivity index (χ1n) is 12.1. The molecule has 2 bridgehead atoms. The average Bonchev–Trinajstić information content (AvgIpc) is 3.14. The molecule has 32 heavy (non-hydrogen) atoms. The SMILES string of the molecule is CC(C)C[C@@H](C(=O)N[C@H](CO)C[C@@H]1CCNC1=O)N(C)C(=O)OC1C[C@@H]2C=CC[C@H](C1)C2. The number of carbonyl (C=O) groups excluding carboxylic acids is 3. The van der Waals surface area contributed by atoms with E-state index >= 15 is 0 Å². The van der Waals surface area contributed by atoms with Crippen LogP contribution in [0.3, 0.4) is 0 Å². The second kappa shape index (κ2) is 11.2. The van der Waals surface area contributed by atoms with E-state index in [-0.39, 0.29) is 36.4 Å². The van der Waals surface area contributed by atoms with Gasteiger partial charge in [0, 0.05) is 19.5 Å². The predicted octanol–water partition coefficient (Wildman–Crippen LogP) is 2.22. The van der Waals surface area contributed by atoms with E-state index in [1.807, 2.05) is 13.8 Å². The predicted molar refractivity (Wildman–Crippen MR) is 121 cm³/mol. The summed E-state index contributed by atoms with van der Waals surface area (Å²) in [6, 6.07) is -1.23. The third kappa shape index (κ3) is 6.47. The second-order valence-corrected chi connectivity index (χ2v) is 10.2. The molecule has 1 unspecified atom stereocenters. The summed E-state index contributed by atoms with van der Waals surface area (Å²) in [7, 11) is 1.61. The molecule has 8 heteroatoms. The zero-order valence-corrected chi connectivity index (χ0v) is 19.6. The minimum atomic E-state index is -0.697. The Hall–Kier alpha value is -2.09. The largest absolute Gasteiger partial charge is 0.446 e. The van der Waals surface area contributed by atoms with Crippen LogP contribution in [0.4, 0.5) is 4.79 Å². The van der Waals surface area contributed by atoms with Crippen molar-refractivity contribution in [1.82, 2.24) is 15.5 Å². The van der Waals surface area contributed by atoms with E-state index in [9.17, 15) is 19.5 Å². The van der Waals surface area contributed by atoms with E-state index in [1.54, 1.807) is 7.05 Å². The highest BCUT2D eigenvalue weighted by atomic mass is 16.6. The van der Waals surface area contributed by atoms with Crippen LogP contribution in [0.5, 0.6) is 0 Å². The molecule has 180 valence electrons. The number of hydrogen-bond donors (Lipinski definition) is 3. The fourth-order valence-corrected chi connectivity index (χ4v) is 5.27. The quantitative estimate of drug-likeness (QED) is 0.468. The number of amides is 3. The molecule has 3 aliphatic rings. The molecule has 1 saturated heterocycles. The highest BCUT2D eigenvalue weighted by Gasteiger charge is 2.35. The van der Waals surface area contributed by atoms with Crippen molar-refractivity contribution in [1.29, 1.82) is 0 Å². The van der Waals surface area contributed by atoms with E-state index < -0.39 is 18.2 Å². The van der Waals surface area contributed by atoms with Crippen molar-refractivity contribution in [2.24, 2.45) is 23.7 Å². The molecule has 8 nitrogen and oxygen atoms in total. The lowest BCUT2D eigenvalue weighted by molar-refractivity contribution is -0.128. The highest BCUT2D eigenvalue weighted by molar-refractivity contribution is 5.86. The second-order valence-electron chi connectivity index (χ2n) is 10.2. The molecule has 0 aromatic heterocycles. The summed E-state index contributed by atoms with van der Waals surface area (Å²) in [6.45, 7) is 4.37. The Morgan fingerprint density at radius 3 is 2.72 bits per heavy atom. The number of hydrogen-bond acceptors (Lipinski definition) is 5. The maximum Gasteiger partial charge on any atom is 0.410 e. The first kappa shape index (κ1) is 24.6. The number of rotatable bonds is 9. The lowest BCUT2D eigenvalue weighted by Gasteiger charge is -2.37. The van der Waals surface area contributed by atoms with Gasteiger partial charge in [0.15, 0.2) is 0 Å². The highest BCUT2D eigenvalue weighted by Crippen LogP contribution is 2.37. The Morgan fingerprint density at radius 1 is 1.31 bits per heavy atom. The van der Waals surface area contributed by atoms with Crippen LogP contribution in [-0.2, 0) is 14.3 Å². The molecule has 3 amide bonds. The fraction of sp³-hybridized carbons (Fsp3) is 0.792. The molecule has 0 radical (unpaired) electrons. The number of nitrogens with one attached hydrogen (secondary N) is 2. The molecule has 2 aliphatic carbocycles. The van der Waals surface area contributed by atoms with Gasteiger partial charge >= 0.3 is 6.09 Å². The van der Waals surface area contributed by atoms with Gasteiger partial charge < -0.3 is 20.5 Å². The molecule has 3 N–H and O–H groups in total. The van der Waals surface area contributed by atoms with Crippen molar-refractivity contribution in [3.05, 3.63) is 12.2 Å². The normalized spacial score (nSPS) is 28.7. The molecule has 0 aromatic rings. The van der Waals surface area contributed by atoms with Crippen molar-refractivity contribution in [3.8, 4) is 0 Å². The molecule has 3 rings (SSSR count). The van der Waals surface area contributed by atoms with Crippen LogP contribution in [0.2, 0.25) is 0 Å². The fourth-order valence-electron chi connectivity index (χ4n) is 5.27. The number of aliphatic hydroxyl groups is 1. The third-order valence-electron chi connectivity index (χ3n) is 6.99. The lowest BCUT2D eigenvalue weighted by Crippen LogP contribution is -2.52. The Bertz CT molecular complexity index is 710. The van der Waals surface area contributed by atoms with E-state index in [2.05, 4.69) is 22.8 Å². The van der Waals surface area contributed by atoms with Crippen molar-refractivity contribution in [2.45, 2.75) is 77.0 Å². The molecule has 2 fully saturated rings. The standard InChI is InChI=1S/C24H39N3O5/c1-15(2)9-21(23(30)26-19(14-28)13-18-7-8-25-22(18)29)27(3)24(31)32-20-11-16-5-4-6-17(10-16)12-20/h4-5,15-21,28H,6-14H2,1-3H3,(H,25,29)(H,26,30)/t16-,17+,18+,19+,20?,21+/m1/s1. The summed E-state index contributed by atoms with van der Waals surface area (Å²) < 4.78 is 5.83. The monoisotopic (exact) mass is 449 g/mol. The van der Waals surface area contributed by atoms with Crippen molar-refractivity contribution < 1.29 is 24.2 Å². The summed E-state index contributed by atoms with van der Waals surface area (Å²) in [4.78, 5) is 39.3. The topological polar surface area (TPSA) is 108 Å². The number of aliphatic hydroxyl groups excluding tert-OH is 1. The summed E-state index contributed by atoms with van der Waals surface area (Å²) in [6.07, 6.45) is 9.36. The first-order valence-corrected chi connectivity index (χ1v) is 12.1. The molecule has 1 heterocycles. The Balaban J connectivity index is 1.59. The average molecular weight is 450 g/mol. The van der Waals surface area contributed by atoms with Crippen LogP contribution < -0.4 is 10.6 Å². The van der Waals surface area contributed by atoms with Crippen molar-refractivity contribution >= 4 is 17.9 Å². The molecular formula is C24H39N3O5.